The van der Waals surface area contributed by atoms with Crippen molar-refractivity contribution in [2.75, 3.05) is 0 Å². The van der Waals surface area contributed by atoms with Crippen molar-refractivity contribution in [1.82, 2.24) is 0 Å². The van der Waals surface area contributed by atoms with Crippen LogP contribution in [-0.2, 0) is 12.8 Å². The molecule has 3 rings (SSSR count). The lowest BCUT2D eigenvalue weighted by Crippen LogP contribution is -2.18. The van der Waals surface area contributed by atoms with Gasteiger partial charge in [-0.15, -0.1) is 0 Å². The molecule has 3 aromatic carbocycles. The van der Waals surface area contributed by atoms with Crippen LogP contribution in [0.1, 0.15) is 100 Å². The number of fused-ring (bicyclic) bond motifs is 2. The van der Waals surface area contributed by atoms with Crippen LogP contribution in [0.3, 0.4) is 0 Å². The van der Waals surface area contributed by atoms with E-state index in [9.17, 15) is 0 Å². The van der Waals surface area contributed by atoms with Crippen LogP contribution in [0, 0.1) is 13.8 Å². The summed E-state index contributed by atoms with van der Waals surface area (Å²) in [5, 5.41) is 7.90. The summed E-state index contributed by atoms with van der Waals surface area (Å²) in [7, 11) is 0. The maximum atomic E-state index is 4.67. The fraction of sp³-hybridized carbons (Fsp3) is 0.500. The Kier molecular flexibility index (Phi) is 8.97. The van der Waals surface area contributed by atoms with E-state index < -0.39 is 0 Å². The molecule has 32 heavy (non-hydrogen) atoms. The molecule has 0 aromatic heterocycles. The Morgan fingerprint density at radius 3 is 1.25 bits per heavy atom. The van der Waals surface area contributed by atoms with Crippen LogP contribution in [0.4, 0.5) is 0 Å². The molecule has 0 nitrogen and oxygen atoms in total. The molecule has 0 heteroatoms. The van der Waals surface area contributed by atoms with Gasteiger partial charge in [0, 0.05) is 0 Å². The molecular formula is C32H44. The molecule has 0 saturated carbocycles. The molecular weight excluding hydrogens is 384 g/mol. The quantitative estimate of drug-likeness (QED) is 0.200. The second-order valence-electron chi connectivity index (χ2n) is 9.87. The first-order valence-electron chi connectivity index (χ1n) is 13.1. The van der Waals surface area contributed by atoms with Crippen LogP contribution in [0.2, 0.25) is 0 Å². The van der Waals surface area contributed by atoms with Gasteiger partial charge in [0.2, 0.25) is 0 Å². The highest BCUT2D eigenvalue weighted by atomic mass is 14.2. The monoisotopic (exact) mass is 428 g/mol. The molecule has 0 aliphatic carbocycles. The predicted molar refractivity (Wildman–Crippen MR) is 146 cm³/mol. The number of hydrogen-bond donors (Lipinski definition) is 0. The highest BCUT2D eigenvalue weighted by Gasteiger charge is 2.14. The molecule has 3 aromatic rings. The minimum Gasteiger partial charge on any atom is -0.0905 e. The number of hydrogen-bond acceptors (Lipinski definition) is 0. The lowest BCUT2D eigenvalue weighted by Gasteiger charge is -2.17. The normalized spacial score (nSPS) is 11.6. The molecule has 0 atom stereocenters. The zero-order chi connectivity index (χ0) is 23.1. The Morgan fingerprint density at radius 1 is 0.500 bits per heavy atom. The highest BCUT2D eigenvalue weighted by molar-refractivity contribution is 6.04. The Hall–Kier alpha value is -2.08. The third kappa shape index (κ3) is 5.28. The van der Waals surface area contributed by atoms with Gasteiger partial charge in [-0.05, 0) is 93.8 Å². The van der Waals surface area contributed by atoms with E-state index in [2.05, 4.69) is 65.1 Å². The first-order valence-corrected chi connectivity index (χ1v) is 13.1. The van der Waals surface area contributed by atoms with Crippen molar-refractivity contribution in [3.63, 3.8) is 0 Å². The van der Waals surface area contributed by atoms with Crippen molar-refractivity contribution >= 4 is 34.7 Å². The lowest BCUT2D eigenvalue weighted by molar-refractivity contribution is 0.631. The van der Waals surface area contributed by atoms with Crippen molar-refractivity contribution in [3.8, 4) is 0 Å². The number of benzene rings is 3. The van der Waals surface area contributed by atoms with Gasteiger partial charge < -0.3 is 0 Å². The molecule has 172 valence electrons. The Balaban J connectivity index is 2.11. The molecule has 0 bridgehead atoms. The summed E-state index contributed by atoms with van der Waals surface area (Å²) >= 11 is 0. The first-order chi connectivity index (χ1) is 15.5. The average Bonchev–Trinajstić information content (AvgIpc) is 2.78. The fourth-order valence-electron chi connectivity index (χ4n) is 5.47. The number of rotatable bonds is 12. The molecule has 0 aliphatic heterocycles. The van der Waals surface area contributed by atoms with E-state index >= 15 is 0 Å². The maximum Gasteiger partial charge on any atom is -0.00701 e. The van der Waals surface area contributed by atoms with Crippen molar-refractivity contribution in [1.29, 1.82) is 0 Å². The molecule has 0 spiro atoms. The summed E-state index contributed by atoms with van der Waals surface area (Å²) in [5.74, 6) is 0. The third-order valence-corrected chi connectivity index (χ3v) is 7.31. The maximum absolute atomic E-state index is 4.67. The van der Waals surface area contributed by atoms with Crippen molar-refractivity contribution in [3.05, 3.63) is 57.0 Å². The fourth-order valence-corrected chi connectivity index (χ4v) is 5.47. The second kappa shape index (κ2) is 11.7. The zero-order valence-electron chi connectivity index (χ0n) is 21.2. The second-order valence-corrected chi connectivity index (χ2v) is 9.87. The number of unbranched alkanes of at least 4 members (excludes halogenated alkanes) is 8. The lowest BCUT2D eigenvalue weighted by atomic mass is 9.87. The van der Waals surface area contributed by atoms with Crippen LogP contribution in [0.25, 0.3) is 34.7 Å². The molecule has 0 fully saturated rings. The highest BCUT2D eigenvalue weighted by Crippen LogP contribution is 2.26. The topological polar surface area (TPSA) is 0 Å². The van der Waals surface area contributed by atoms with E-state index in [0.717, 1.165) is 12.8 Å². The summed E-state index contributed by atoms with van der Waals surface area (Å²) in [6.45, 7) is 18.4. The van der Waals surface area contributed by atoms with E-state index in [1.54, 1.807) is 0 Å². The van der Waals surface area contributed by atoms with Gasteiger partial charge in [-0.3, -0.25) is 0 Å². The van der Waals surface area contributed by atoms with Crippen LogP contribution in [-0.4, -0.2) is 0 Å². The summed E-state index contributed by atoms with van der Waals surface area (Å²) in [6, 6.07) is 9.32. The Bertz CT molecular complexity index is 1060. The van der Waals surface area contributed by atoms with E-state index in [-0.39, 0.29) is 0 Å². The molecule has 0 aliphatic rings. The molecule has 0 amide bonds. The zero-order valence-corrected chi connectivity index (χ0v) is 21.2. The average molecular weight is 429 g/mol. The third-order valence-electron chi connectivity index (χ3n) is 7.31. The SMILES string of the molecule is C=c1c2c(C)ccc(C)c2c(=C)c2c(CCCCCCC)ccc(CCCCCCC)c12. The summed E-state index contributed by atoms with van der Waals surface area (Å²) in [6.07, 6.45) is 15.5. The summed E-state index contributed by atoms with van der Waals surface area (Å²) in [5.41, 5.74) is 5.59. The Labute approximate surface area is 196 Å². The van der Waals surface area contributed by atoms with Crippen LogP contribution in [0.15, 0.2) is 24.3 Å². The van der Waals surface area contributed by atoms with Crippen molar-refractivity contribution in [2.24, 2.45) is 0 Å². The van der Waals surface area contributed by atoms with Crippen LogP contribution in [0.5, 0.6) is 0 Å². The van der Waals surface area contributed by atoms with E-state index in [1.807, 2.05) is 0 Å². The number of aryl methyl sites for hydroxylation is 4. The van der Waals surface area contributed by atoms with Gasteiger partial charge in [-0.1, -0.05) is 103 Å². The van der Waals surface area contributed by atoms with Crippen molar-refractivity contribution < 1.29 is 0 Å². The van der Waals surface area contributed by atoms with Crippen LogP contribution < -0.4 is 10.4 Å². The molecule has 0 N–H and O–H groups in total. The predicted octanol–water partition coefficient (Wildman–Crippen LogP) is 8.46. The van der Waals surface area contributed by atoms with Gasteiger partial charge >= 0.3 is 0 Å². The van der Waals surface area contributed by atoms with Gasteiger partial charge in [0.05, 0.1) is 0 Å². The molecule has 0 heterocycles. The van der Waals surface area contributed by atoms with Gasteiger partial charge in [-0.2, -0.15) is 0 Å². The smallest absolute Gasteiger partial charge is 0.00701 e. The van der Waals surface area contributed by atoms with E-state index in [1.165, 1.54) is 118 Å². The first kappa shape index (κ1) is 24.6. The molecule has 0 unspecified atom stereocenters. The Morgan fingerprint density at radius 2 is 0.875 bits per heavy atom. The van der Waals surface area contributed by atoms with Crippen molar-refractivity contribution in [2.45, 2.75) is 105 Å². The van der Waals surface area contributed by atoms with E-state index in [0.29, 0.717) is 0 Å². The standard InChI is InChI=1S/C32H44/c1-7-9-11-13-15-17-27-21-22-28(18-16-14-12-10-8-2)32-26(6)30-24(4)20-19-23(3)29(30)25(5)31(27)32/h19-22H,5-18H2,1-4H3. The largest absolute Gasteiger partial charge is 0.0905 e. The summed E-state index contributed by atoms with van der Waals surface area (Å²) < 4.78 is 0. The van der Waals surface area contributed by atoms with Gasteiger partial charge in [-0.25, -0.2) is 0 Å². The van der Waals surface area contributed by atoms with Gasteiger partial charge in [0.25, 0.3) is 0 Å². The minimum absolute atomic E-state index is 1.15. The molecule has 0 saturated heterocycles. The van der Waals surface area contributed by atoms with Crippen LogP contribution >= 0.6 is 0 Å². The van der Waals surface area contributed by atoms with Gasteiger partial charge in [0.15, 0.2) is 0 Å². The minimum atomic E-state index is 1.15. The van der Waals surface area contributed by atoms with E-state index in [4.69, 9.17) is 0 Å². The molecule has 0 radical (unpaired) electrons. The van der Waals surface area contributed by atoms with Gasteiger partial charge in [0.1, 0.15) is 0 Å². The summed E-state index contributed by atoms with van der Waals surface area (Å²) in [4.78, 5) is 0.